The van der Waals surface area contributed by atoms with Crippen molar-refractivity contribution < 1.29 is 9.53 Å². The van der Waals surface area contributed by atoms with Gasteiger partial charge in [0, 0.05) is 13.0 Å². The highest BCUT2D eigenvalue weighted by molar-refractivity contribution is 5.91. The van der Waals surface area contributed by atoms with Gasteiger partial charge in [0.25, 0.3) is 0 Å². The third-order valence-corrected chi connectivity index (χ3v) is 8.69. The second-order valence-corrected chi connectivity index (χ2v) is 9.24. The summed E-state index contributed by atoms with van der Waals surface area (Å²) in [6, 6.07) is 0. The Balaban J connectivity index is 1.46. The Labute approximate surface area is 140 Å². The Bertz CT molecular complexity index is 556. The highest BCUT2D eigenvalue weighted by Gasteiger charge is 2.63. The lowest BCUT2D eigenvalue weighted by molar-refractivity contribution is -0.128. The molecule has 0 aromatic carbocycles. The summed E-state index contributed by atoms with van der Waals surface area (Å²) in [6.45, 7) is 3.57. The van der Waals surface area contributed by atoms with Gasteiger partial charge in [-0.25, -0.2) is 0 Å². The number of carbonyl (C=O) groups excluding carboxylic acids is 1. The SMILES string of the molecule is C[C@]12CC[C@H]3[C@H](CCC4=CC(=O)CC[C@H]43)[C@@H]1CC[C@]21CCCO1. The first-order chi connectivity index (χ1) is 11.1. The van der Waals surface area contributed by atoms with Gasteiger partial charge in [0.1, 0.15) is 0 Å². The van der Waals surface area contributed by atoms with Crippen LogP contribution in [0.5, 0.6) is 0 Å². The van der Waals surface area contributed by atoms with E-state index in [2.05, 4.69) is 6.92 Å². The van der Waals surface area contributed by atoms with Gasteiger partial charge in [-0.2, -0.15) is 0 Å². The summed E-state index contributed by atoms with van der Waals surface area (Å²) in [5, 5.41) is 0. The van der Waals surface area contributed by atoms with E-state index in [1.165, 1.54) is 56.9 Å². The summed E-state index contributed by atoms with van der Waals surface area (Å²) in [5.41, 5.74) is 2.16. The molecule has 0 aromatic rings. The highest BCUT2D eigenvalue weighted by Crippen LogP contribution is 2.67. The first kappa shape index (κ1) is 14.7. The maximum absolute atomic E-state index is 11.8. The molecule has 126 valence electrons. The van der Waals surface area contributed by atoms with Crippen molar-refractivity contribution in [2.24, 2.45) is 29.1 Å². The molecular weight excluding hydrogens is 284 g/mol. The second kappa shape index (κ2) is 4.94. The van der Waals surface area contributed by atoms with Crippen LogP contribution >= 0.6 is 0 Å². The summed E-state index contributed by atoms with van der Waals surface area (Å²) < 4.78 is 6.42. The van der Waals surface area contributed by atoms with E-state index in [0.29, 0.717) is 11.2 Å². The van der Waals surface area contributed by atoms with E-state index < -0.39 is 0 Å². The Morgan fingerprint density at radius 3 is 2.78 bits per heavy atom. The summed E-state index contributed by atoms with van der Waals surface area (Å²) >= 11 is 0. The molecule has 4 aliphatic carbocycles. The minimum Gasteiger partial charge on any atom is -0.374 e. The number of ketones is 1. The summed E-state index contributed by atoms with van der Waals surface area (Å²) in [4.78, 5) is 11.8. The van der Waals surface area contributed by atoms with E-state index in [0.717, 1.165) is 43.1 Å². The molecule has 2 heteroatoms. The third-order valence-electron chi connectivity index (χ3n) is 8.69. The van der Waals surface area contributed by atoms with Crippen molar-refractivity contribution >= 4 is 5.78 Å². The second-order valence-electron chi connectivity index (χ2n) is 9.24. The lowest BCUT2D eigenvalue weighted by Crippen LogP contribution is -2.52. The molecule has 3 saturated carbocycles. The van der Waals surface area contributed by atoms with Crippen LogP contribution < -0.4 is 0 Å². The number of rotatable bonds is 0. The Morgan fingerprint density at radius 2 is 1.96 bits per heavy atom. The van der Waals surface area contributed by atoms with Crippen LogP contribution in [0.1, 0.15) is 71.1 Å². The molecule has 6 atom stereocenters. The van der Waals surface area contributed by atoms with Crippen LogP contribution in [0.3, 0.4) is 0 Å². The van der Waals surface area contributed by atoms with Crippen molar-refractivity contribution in [1.82, 2.24) is 0 Å². The number of hydrogen-bond acceptors (Lipinski definition) is 2. The van der Waals surface area contributed by atoms with Crippen molar-refractivity contribution in [2.75, 3.05) is 6.61 Å². The number of hydrogen-bond donors (Lipinski definition) is 0. The fourth-order valence-corrected chi connectivity index (χ4v) is 7.62. The molecule has 1 aliphatic heterocycles. The smallest absolute Gasteiger partial charge is 0.155 e. The van der Waals surface area contributed by atoms with Crippen molar-refractivity contribution in [1.29, 1.82) is 0 Å². The van der Waals surface area contributed by atoms with E-state index in [4.69, 9.17) is 4.74 Å². The predicted octanol–water partition coefficient (Wildman–Crippen LogP) is 4.68. The molecular formula is C21H30O2. The molecule has 5 aliphatic rings. The zero-order chi connectivity index (χ0) is 15.7. The van der Waals surface area contributed by atoms with Gasteiger partial charge in [-0.15, -0.1) is 0 Å². The molecule has 4 fully saturated rings. The van der Waals surface area contributed by atoms with Crippen LogP contribution in [-0.4, -0.2) is 18.0 Å². The normalized spacial score (nSPS) is 52.0. The summed E-state index contributed by atoms with van der Waals surface area (Å²) in [7, 11) is 0. The highest BCUT2D eigenvalue weighted by atomic mass is 16.5. The van der Waals surface area contributed by atoms with Crippen molar-refractivity contribution in [2.45, 2.75) is 76.7 Å². The number of fused-ring (bicyclic) bond motifs is 6. The van der Waals surface area contributed by atoms with E-state index >= 15 is 0 Å². The van der Waals surface area contributed by atoms with E-state index in [-0.39, 0.29) is 5.60 Å². The zero-order valence-electron chi connectivity index (χ0n) is 14.5. The first-order valence-electron chi connectivity index (χ1n) is 10.0. The van der Waals surface area contributed by atoms with E-state index in [1.807, 2.05) is 6.08 Å². The minimum atomic E-state index is 0.223. The number of allylic oxidation sites excluding steroid dienone is 1. The Hall–Kier alpha value is -0.630. The van der Waals surface area contributed by atoms with Crippen molar-refractivity contribution in [3.63, 3.8) is 0 Å². The Kier molecular flexibility index (Phi) is 3.15. The molecule has 23 heavy (non-hydrogen) atoms. The van der Waals surface area contributed by atoms with Gasteiger partial charge in [-0.3, -0.25) is 4.79 Å². The molecule has 0 N–H and O–H groups in total. The van der Waals surface area contributed by atoms with Crippen LogP contribution in [0, 0.1) is 29.1 Å². The molecule has 1 spiro atoms. The molecule has 0 unspecified atom stereocenters. The molecule has 0 bridgehead atoms. The Morgan fingerprint density at radius 1 is 1.04 bits per heavy atom. The zero-order valence-corrected chi connectivity index (χ0v) is 14.5. The third kappa shape index (κ3) is 1.88. The molecule has 5 rings (SSSR count). The van der Waals surface area contributed by atoms with Gasteiger partial charge >= 0.3 is 0 Å². The lowest BCUT2D eigenvalue weighted by Gasteiger charge is -2.56. The lowest BCUT2D eigenvalue weighted by atomic mass is 9.50. The average Bonchev–Trinajstić information content (AvgIpc) is 3.14. The van der Waals surface area contributed by atoms with Gasteiger partial charge in [0.2, 0.25) is 0 Å². The van der Waals surface area contributed by atoms with Gasteiger partial charge in [0.05, 0.1) is 5.60 Å². The van der Waals surface area contributed by atoms with Crippen molar-refractivity contribution in [3.05, 3.63) is 11.6 Å². The maximum Gasteiger partial charge on any atom is 0.155 e. The topological polar surface area (TPSA) is 26.3 Å². The number of ether oxygens (including phenoxy) is 1. The first-order valence-corrected chi connectivity index (χ1v) is 10.0. The quantitative estimate of drug-likeness (QED) is 0.649. The van der Waals surface area contributed by atoms with E-state index in [9.17, 15) is 4.79 Å². The minimum absolute atomic E-state index is 0.223. The molecule has 0 aromatic heterocycles. The number of carbonyl (C=O) groups is 1. The van der Waals surface area contributed by atoms with Crippen LogP contribution in [0.15, 0.2) is 11.6 Å². The van der Waals surface area contributed by atoms with Gasteiger partial charge in [-0.1, -0.05) is 12.5 Å². The van der Waals surface area contributed by atoms with Gasteiger partial charge in [0.15, 0.2) is 5.78 Å². The van der Waals surface area contributed by atoms with Crippen LogP contribution in [0.25, 0.3) is 0 Å². The predicted molar refractivity (Wildman–Crippen MR) is 90.0 cm³/mol. The van der Waals surface area contributed by atoms with Crippen LogP contribution in [-0.2, 0) is 9.53 Å². The molecule has 0 radical (unpaired) electrons. The summed E-state index contributed by atoms with van der Waals surface area (Å²) in [5.74, 6) is 3.75. The summed E-state index contributed by atoms with van der Waals surface area (Å²) in [6.07, 6.45) is 14.5. The van der Waals surface area contributed by atoms with Crippen LogP contribution in [0.2, 0.25) is 0 Å². The van der Waals surface area contributed by atoms with E-state index in [1.54, 1.807) is 0 Å². The maximum atomic E-state index is 11.8. The fourth-order valence-electron chi connectivity index (χ4n) is 7.62. The van der Waals surface area contributed by atoms with Crippen LogP contribution in [0.4, 0.5) is 0 Å². The largest absolute Gasteiger partial charge is 0.374 e. The molecule has 1 saturated heterocycles. The fraction of sp³-hybridized carbons (Fsp3) is 0.857. The van der Waals surface area contributed by atoms with Gasteiger partial charge < -0.3 is 4.74 Å². The van der Waals surface area contributed by atoms with Crippen molar-refractivity contribution in [3.8, 4) is 0 Å². The molecule has 0 amide bonds. The standard InChI is InChI=1S/C21H30O2/c1-20-10-7-17-16-6-4-15(22)13-14(16)3-5-18(17)19(20)8-11-21(20)9-2-12-23-21/h13,16-19H,2-12H2,1H3/t16-,17-,18+,19+,20+,21-/m1/s1. The molecule has 2 nitrogen and oxygen atoms in total. The van der Waals surface area contributed by atoms with Gasteiger partial charge in [-0.05, 0) is 93.0 Å². The molecule has 1 heterocycles. The average molecular weight is 314 g/mol. The monoisotopic (exact) mass is 314 g/mol.